The average Bonchev–Trinajstić information content (AvgIpc) is 2.42. The zero-order valence-corrected chi connectivity index (χ0v) is 14.1. The van der Waals surface area contributed by atoms with Gasteiger partial charge in [-0.05, 0) is 51.1 Å². The van der Waals surface area contributed by atoms with Crippen molar-refractivity contribution < 1.29 is 4.79 Å². The average molecular weight is 338 g/mol. The molecule has 22 heavy (non-hydrogen) atoms. The van der Waals surface area contributed by atoms with Crippen LogP contribution in [0.2, 0.25) is 10.0 Å². The maximum Gasteiger partial charge on any atom is 0.270 e. The fourth-order valence-corrected chi connectivity index (χ4v) is 2.05. The number of hydrogen-bond acceptors (Lipinski definition) is 3. The van der Waals surface area contributed by atoms with E-state index < -0.39 is 0 Å². The van der Waals surface area contributed by atoms with E-state index in [1.807, 2.05) is 26.8 Å². The van der Waals surface area contributed by atoms with E-state index >= 15 is 0 Å². The number of carbonyl (C=O) groups is 1. The van der Waals surface area contributed by atoms with Gasteiger partial charge in [0, 0.05) is 11.2 Å². The number of pyridine rings is 1. The van der Waals surface area contributed by atoms with Crippen molar-refractivity contribution in [2.75, 3.05) is 5.32 Å². The molecule has 0 aliphatic heterocycles. The van der Waals surface area contributed by atoms with Crippen molar-refractivity contribution >= 4 is 40.5 Å². The van der Waals surface area contributed by atoms with Crippen molar-refractivity contribution in [3.63, 3.8) is 0 Å². The fraction of sp³-hybridized carbons (Fsp3) is 0.250. The van der Waals surface area contributed by atoms with Crippen LogP contribution in [0, 0.1) is 0 Å². The highest BCUT2D eigenvalue weighted by molar-refractivity contribution is 6.42. The van der Waals surface area contributed by atoms with E-state index in [0.717, 1.165) is 11.4 Å². The summed E-state index contributed by atoms with van der Waals surface area (Å²) in [5.74, 6) is -0.200. The summed E-state index contributed by atoms with van der Waals surface area (Å²) in [5.41, 5.74) is 1.62. The van der Waals surface area contributed by atoms with Gasteiger partial charge in [0.15, 0.2) is 0 Å². The summed E-state index contributed by atoms with van der Waals surface area (Å²) < 4.78 is 0. The summed E-state index contributed by atoms with van der Waals surface area (Å²) in [5, 5.41) is 6.99. The Kier molecular flexibility index (Phi) is 4.94. The third-order valence-electron chi connectivity index (χ3n) is 2.69. The van der Waals surface area contributed by atoms with Crippen LogP contribution in [-0.4, -0.2) is 16.4 Å². The molecule has 0 bridgehead atoms. The van der Waals surface area contributed by atoms with Crippen LogP contribution in [0.5, 0.6) is 0 Å². The maximum atomic E-state index is 12.0. The molecular weight excluding hydrogens is 321 g/mol. The quantitative estimate of drug-likeness (QED) is 0.856. The molecule has 4 nitrogen and oxygen atoms in total. The maximum absolute atomic E-state index is 12.0. The van der Waals surface area contributed by atoms with Gasteiger partial charge < -0.3 is 10.6 Å². The first kappa shape index (κ1) is 16.6. The van der Waals surface area contributed by atoms with E-state index in [-0.39, 0.29) is 11.4 Å². The molecule has 0 saturated heterocycles. The van der Waals surface area contributed by atoms with Gasteiger partial charge in [0.25, 0.3) is 5.91 Å². The minimum absolute atomic E-state index is 0.200. The summed E-state index contributed by atoms with van der Waals surface area (Å²) in [4.78, 5) is 16.2. The highest BCUT2D eigenvalue weighted by atomic mass is 35.5. The van der Waals surface area contributed by atoms with Crippen molar-refractivity contribution in [3.8, 4) is 0 Å². The van der Waals surface area contributed by atoms with Gasteiger partial charge in [-0.25, -0.2) is 4.98 Å². The van der Waals surface area contributed by atoms with E-state index in [9.17, 15) is 4.79 Å². The van der Waals surface area contributed by atoms with Crippen molar-refractivity contribution in [3.05, 3.63) is 52.3 Å². The van der Waals surface area contributed by atoms with Crippen LogP contribution in [0.4, 0.5) is 11.4 Å². The Morgan fingerprint density at radius 1 is 1.05 bits per heavy atom. The van der Waals surface area contributed by atoms with Gasteiger partial charge in [-0.15, -0.1) is 0 Å². The first-order valence-electron chi connectivity index (χ1n) is 6.75. The lowest BCUT2D eigenvalue weighted by Crippen LogP contribution is -2.40. The summed E-state index contributed by atoms with van der Waals surface area (Å²) in [7, 11) is 0. The molecule has 0 atom stereocenters. The Hall–Kier alpha value is -1.78. The molecule has 0 radical (unpaired) electrons. The highest BCUT2D eigenvalue weighted by Gasteiger charge is 2.16. The van der Waals surface area contributed by atoms with Gasteiger partial charge in [-0.2, -0.15) is 0 Å². The fourth-order valence-electron chi connectivity index (χ4n) is 1.75. The second-order valence-electron chi connectivity index (χ2n) is 5.89. The molecule has 0 spiro atoms. The molecule has 0 aliphatic rings. The van der Waals surface area contributed by atoms with Gasteiger partial charge in [0.05, 0.1) is 21.9 Å². The topological polar surface area (TPSA) is 54.0 Å². The monoisotopic (exact) mass is 337 g/mol. The first-order chi connectivity index (χ1) is 10.2. The molecule has 2 N–H and O–H groups in total. The van der Waals surface area contributed by atoms with Crippen LogP contribution in [0.1, 0.15) is 31.3 Å². The molecule has 1 amide bonds. The zero-order chi connectivity index (χ0) is 16.3. The first-order valence-corrected chi connectivity index (χ1v) is 7.51. The molecule has 0 unspecified atom stereocenters. The van der Waals surface area contributed by atoms with E-state index in [4.69, 9.17) is 23.2 Å². The molecule has 0 fully saturated rings. The summed E-state index contributed by atoms with van der Waals surface area (Å²) in [6.07, 6.45) is 1.60. The van der Waals surface area contributed by atoms with E-state index in [1.54, 1.807) is 30.5 Å². The van der Waals surface area contributed by atoms with E-state index in [1.165, 1.54) is 0 Å². The van der Waals surface area contributed by atoms with Crippen LogP contribution in [0.15, 0.2) is 36.5 Å². The van der Waals surface area contributed by atoms with Crippen LogP contribution in [-0.2, 0) is 0 Å². The second kappa shape index (κ2) is 6.55. The zero-order valence-electron chi connectivity index (χ0n) is 12.6. The predicted octanol–water partition coefficient (Wildman–Crippen LogP) is 4.66. The lowest BCUT2D eigenvalue weighted by Gasteiger charge is -2.20. The number of carbonyl (C=O) groups excluding carboxylic acids is 1. The Balaban J connectivity index is 2.08. The molecule has 2 aromatic rings. The third kappa shape index (κ3) is 4.61. The summed E-state index contributed by atoms with van der Waals surface area (Å²) in [6, 6.07) is 8.71. The number of nitrogens with zero attached hydrogens (tertiary/aromatic N) is 1. The normalized spacial score (nSPS) is 11.1. The number of anilines is 2. The van der Waals surface area contributed by atoms with Crippen LogP contribution in [0.25, 0.3) is 0 Å². The minimum Gasteiger partial charge on any atom is -0.354 e. The Morgan fingerprint density at radius 3 is 2.27 bits per heavy atom. The molecular formula is C16H17Cl2N3O. The second-order valence-corrected chi connectivity index (χ2v) is 6.70. The van der Waals surface area contributed by atoms with Crippen LogP contribution in [0.3, 0.4) is 0 Å². The number of nitrogens with one attached hydrogen (secondary N) is 2. The number of halogens is 2. The number of rotatable bonds is 3. The van der Waals surface area contributed by atoms with Crippen molar-refractivity contribution in [2.45, 2.75) is 26.3 Å². The molecule has 0 saturated carbocycles. The van der Waals surface area contributed by atoms with Gasteiger partial charge in [0.1, 0.15) is 5.69 Å². The lowest BCUT2D eigenvalue weighted by molar-refractivity contribution is 0.0914. The van der Waals surface area contributed by atoms with Crippen molar-refractivity contribution in [2.24, 2.45) is 0 Å². The third-order valence-corrected chi connectivity index (χ3v) is 3.43. The van der Waals surface area contributed by atoms with Gasteiger partial charge >= 0.3 is 0 Å². The molecule has 116 valence electrons. The number of aromatic nitrogens is 1. The minimum atomic E-state index is -0.296. The summed E-state index contributed by atoms with van der Waals surface area (Å²) >= 11 is 11.8. The Bertz CT molecular complexity index is 679. The lowest BCUT2D eigenvalue weighted by atomic mass is 10.1. The summed E-state index contributed by atoms with van der Waals surface area (Å²) in [6.45, 7) is 5.77. The molecule has 0 aliphatic carbocycles. The van der Waals surface area contributed by atoms with Crippen molar-refractivity contribution in [1.82, 2.24) is 10.3 Å². The predicted molar refractivity (Wildman–Crippen MR) is 91.2 cm³/mol. The van der Waals surface area contributed by atoms with E-state index in [0.29, 0.717) is 15.7 Å². The van der Waals surface area contributed by atoms with Crippen LogP contribution >= 0.6 is 23.2 Å². The standard InChI is InChI=1S/C16H17Cl2N3O/c1-16(2,3)21-15(22)14-7-5-11(9-19-14)20-10-4-6-12(17)13(18)8-10/h4-9,20H,1-3H3,(H,21,22). The molecule has 1 aromatic heterocycles. The van der Waals surface area contributed by atoms with Gasteiger partial charge in [0.2, 0.25) is 0 Å². The molecule has 6 heteroatoms. The smallest absolute Gasteiger partial charge is 0.270 e. The molecule has 2 rings (SSSR count). The molecule has 1 aromatic carbocycles. The van der Waals surface area contributed by atoms with E-state index in [2.05, 4.69) is 15.6 Å². The number of hydrogen-bond donors (Lipinski definition) is 2. The van der Waals surface area contributed by atoms with Crippen LogP contribution < -0.4 is 10.6 Å². The van der Waals surface area contributed by atoms with Gasteiger partial charge in [-0.1, -0.05) is 23.2 Å². The SMILES string of the molecule is CC(C)(C)NC(=O)c1ccc(Nc2ccc(Cl)c(Cl)c2)cn1. The number of benzene rings is 1. The highest BCUT2D eigenvalue weighted by Crippen LogP contribution is 2.26. The van der Waals surface area contributed by atoms with Crippen molar-refractivity contribution in [1.29, 1.82) is 0 Å². The Morgan fingerprint density at radius 2 is 1.73 bits per heavy atom. The van der Waals surface area contributed by atoms with Gasteiger partial charge in [-0.3, -0.25) is 4.79 Å². The number of amides is 1. The Labute approximate surface area is 139 Å². The molecule has 1 heterocycles. The largest absolute Gasteiger partial charge is 0.354 e.